The fourth-order valence-electron chi connectivity index (χ4n) is 1.81. The summed E-state index contributed by atoms with van der Waals surface area (Å²) in [7, 11) is 0. The standard InChI is InChI=1S/C13H6F9N3OS/c14-11(15,16)6-1-5(2-7(3-6)12(17,18)19)9(26)25(23)10-24-8(4-27-10)13(20,21)22/h1-4H,23H2. The molecular formula is C13H6F9N3OS. The summed E-state index contributed by atoms with van der Waals surface area (Å²) in [5, 5.41) is -0.344. The van der Waals surface area contributed by atoms with Gasteiger partial charge in [-0.05, 0) is 18.2 Å². The number of thiazole rings is 1. The Kier molecular flexibility index (Phi) is 5.18. The molecule has 1 aromatic carbocycles. The predicted molar refractivity (Wildman–Crippen MR) is 74.6 cm³/mol. The van der Waals surface area contributed by atoms with Gasteiger partial charge in [-0.1, -0.05) is 0 Å². The van der Waals surface area contributed by atoms with E-state index in [0.29, 0.717) is 5.38 Å². The van der Waals surface area contributed by atoms with Gasteiger partial charge in [0.25, 0.3) is 5.91 Å². The van der Waals surface area contributed by atoms with Gasteiger partial charge in [-0.15, -0.1) is 11.3 Å². The number of hydrazine groups is 1. The highest BCUT2D eigenvalue weighted by Gasteiger charge is 2.38. The number of hydrogen-bond donors (Lipinski definition) is 1. The third-order valence-electron chi connectivity index (χ3n) is 3.04. The van der Waals surface area contributed by atoms with Crippen LogP contribution in [0.3, 0.4) is 0 Å². The van der Waals surface area contributed by atoms with Crippen LogP contribution in [0.5, 0.6) is 0 Å². The fourth-order valence-corrected chi connectivity index (χ4v) is 2.56. The Morgan fingerprint density at radius 2 is 1.37 bits per heavy atom. The van der Waals surface area contributed by atoms with Crippen molar-refractivity contribution in [2.75, 3.05) is 5.01 Å². The monoisotopic (exact) mass is 423 g/mol. The summed E-state index contributed by atoms with van der Waals surface area (Å²) in [6, 6.07) is 0.00814. The summed E-state index contributed by atoms with van der Waals surface area (Å²) in [5.74, 6) is 3.65. The molecule has 4 nitrogen and oxygen atoms in total. The number of carbonyl (C=O) groups excluding carboxylic acids is 1. The van der Waals surface area contributed by atoms with Crippen molar-refractivity contribution in [1.29, 1.82) is 0 Å². The van der Waals surface area contributed by atoms with Crippen LogP contribution in [0.25, 0.3) is 0 Å². The molecule has 1 amide bonds. The highest BCUT2D eigenvalue weighted by atomic mass is 32.1. The number of anilines is 1. The van der Waals surface area contributed by atoms with Crippen LogP contribution >= 0.6 is 11.3 Å². The van der Waals surface area contributed by atoms with E-state index in [-0.39, 0.29) is 34.5 Å². The maximum Gasteiger partial charge on any atom is 0.434 e. The molecule has 0 aliphatic rings. The van der Waals surface area contributed by atoms with Crippen LogP contribution in [0.4, 0.5) is 44.6 Å². The average Bonchev–Trinajstić information content (AvgIpc) is 3.01. The third kappa shape index (κ3) is 4.68. The molecule has 2 N–H and O–H groups in total. The van der Waals surface area contributed by atoms with Crippen molar-refractivity contribution in [3.05, 3.63) is 46.0 Å². The smallest absolute Gasteiger partial charge is 0.267 e. The highest BCUT2D eigenvalue weighted by Crippen LogP contribution is 2.37. The van der Waals surface area contributed by atoms with Crippen LogP contribution in [-0.4, -0.2) is 10.9 Å². The van der Waals surface area contributed by atoms with Crippen LogP contribution in [0.15, 0.2) is 23.6 Å². The summed E-state index contributed by atoms with van der Waals surface area (Å²) < 4.78 is 114. The van der Waals surface area contributed by atoms with Crippen molar-refractivity contribution in [2.24, 2.45) is 5.84 Å². The molecule has 0 saturated carbocycles. The molecule has 2 aromatic rings. The van der Waals surface area contributed by atoms with E-state index in [1.54, 1.807) is 0 Å². The van der Waals surface area contributed by atoms with Gasteiger partial charge in [-0.25, -0.2) is 15.8 Å². The average molecular weight is 423 g/mol. The SMILES string of the molecule is NN(C(=O)c1cc(C(F)(F)F)cc(C(F)(F)F)c1)c1nc(C(F)(F)F)cs1. The fraction of sp³-hybridized carbons (Fsp3) is 0.231. The lowest BCUT2D eigenvalue weighted by molar-refractivity contribution is -0.143. The molecule has 0 unspecified atom stereocenters. The van der Waals surface area contributed by atoms with Gasteiger partial charge in [-0.3, -0.25) is 4.79 Å². The molecule has 2 rings (SSSR count). The van der Waals surface area contributed by atoms with Crippen molar-refractivity contribution in [2.45, 2.75) is 18.5 Å². The molecule has 0 fully saturated rings. The first-order valence-corrected chi connectivity index (χ1v) is 7.40. The molecule has 0 aliphatic carbocycles. The summed E-state index contributed by atoms with van der Waals surface area (Å²) in [4.78, 5) is 15.1. The van der Waals surface area contributed by atoms with Gasteiger partial charge in [0.2, 0.25) is 5.13 Å². The van der Waals surface area contributed by atoms with Crippen LogP contribution in [0, 0.1) is 0 Å². The minimum absolute atomic E-state index is 0.0600. The first-order chi connectivity index (χ1) is 12.1. The number of aromatic nitrogens is 1. The Bertz CT molecular complexity index is 822. The van der Waals surface area contributed by atoms with Crippen LogP contribution in [0.2, 0.25) is 0 Å². The molecule has 1 aromatic heterocycles. The van der Waals surface area contributed by atoms with Crippen LogP contribution in [-0.2, 0) is 18.5 Å². The number of carbonyl (C=O) groups is 1. The molecule has 0 atom stereocenters. The molecule has 0 bridgehead atoms. The van der Waals surface area contributed by atoms with E-state index in [1.807, 2.05) is 0 Å². The Morgan fingerprint density at radius 1 is 0.889 bits per heavy atom. The number of amides is 1. The minimum Gasteiger partial charge on any atom is -0.267 e. The minimum atomic E-state index is -5.21. The third-order valence-corrected chi connectivity index (χ3v) is 3.88. The van der Waals surface area contributed by atoms with Gasteiger partial charge < -0.3 is 0 Å². The molecule has 27 heavy (non-hydrogen) atoms. The summed E-state index contributed by atoms with van der Waals surface area (Å²) in [5.41, 5.74) is -6.09. The largest absolute Gasteiger partial charge is 0.434 e. The van der Waals surface area contributed by atoms with Gasteiger partial charge in [0.1, 0.15) is 0 Å². The lowest BCUT2D eigenvalue weighted by Crippen LogP contribution is -2.37. The second-order valence-electron chi connectivity index (χ2n) is 4.98. The zero-order chi connectivity index (χ0) is 20.8. The van der Waals surface area contributed by atoms with Crippen molar-refractivity contribution in [3.8, 4) is 0 Å². The van der Waals surface area contributed by atoms with E-state index >= 15 is 0 Å². The van der Waals surface area contributed by atoms with E-state index in [1.165, 1.54) is 0 Å². The summed E-state index contributed by atoms with van der Waals surface area (Å²) >= 11 is 0.232. The number of benzene rings is 1. The van der Waals surface area contributed by atoms with Crippen molar-refractivity contribution in [1.82, 2.24) is 4.98 Å². The molecule has 0 radical (unpaired) electrons. The van der Waals surface area contributed by atoms with E-state index in [4.69, 9.17) is 5.84 Å². The van der Waals surface area contributed by atoms with Crippen LogP contribution in [0.1, 0.15) is 27.2 Å². The van der Waals surface area contributed by atoms with Crippen molar-refractivity contribution >= 4 is 22.4 Å². The van der Waals surface area contributed by atoms with E-state index < -0.39 is 52.0 Å². The first-order valence-electron chi connectivity index (χ1n) is 6.52. The number of halogens is 9. The quantitative estimate of drug-likeness (QED) is 0.329. The van der Waals surface area contributed by atoms with Gasteiger partial charge in [0, 0.05) is 10.9 Å². The highest BCUT2D eigenvalue weighted by molar-refractivity contribution is 7.14. The zero-order valence-corrected chi connectivity index (χ0v) is 13.3. The van der Waals surface area contributed by atoms with Crippen molar-refractivity contribution < 1.29 is 44.3 Å². The van der Waals surface area contributed by atoms with E-state index in [2.05, 4.69) is 4.98 Å². The molecule has 14 heteroatoms. The Hall–Kier alpha value is -2.35. The zero-order valence-electron chi connectivity index (χ0n) is 12.5. The Balaban J connectivity index is 2.47. The predicted octanol–water partition coefficient (Wildman–Crippen LogP) is 4.72. The molecule has 148 valence electrons. The number of nitrogens with two attached hydrogens (primary N) is 1. The Labute approximate surface area is 148 Å². The molecule has 0 aliphatic heterocycles. The number of hydrogen-bond acceptors (Lipinski definition) is 4. The van der Waals surface area contributed by atoms with Gasteiger partial charge in [0.15, 0.2) is 5.69 Å². The normalized spacial score (nSPS) is 13.0. The summed E-state index contributed by atoms with van der Waals surface area (Å²) in [6.45, 7) is 0. The summed E-state index contributed by atoms with van der Waals surface area (Å²) in [6.07, 6.45) is -15.3. The maximum atomic E-state index is 12.8. The van der Waals surface area contributed by atoms with E-state index in [9.17, 15) is 44.3 Å². The van der Waals surface area contributed by atoms with E-state index in [0.717, 1.165) is 0 Å². The molecule has 0 saturated heterocycles. The number of rotatable bonds is 2. The maximum absolute atomic E-state index is 12.8. The number of nitrogens with zero attached hydrogens (tertiary/aromatic N) is 2. The second kappa shape index (κ2) is 6.67. The lowest BCUT2D eigenvalue weighted by atomic mass is 10.0. The Morgan fingerprint density at radius 3 is 1.74 bits per heavy atom. The molecular weight excluding hydrogens is 417 g/mol. The lowest BCUT2D eigenvalue weighted by Gasteiger charge is -2.17. The first kappa shape index (κ1) is 21.0. The van der Waals surface area contributed by atoms with Crippen molar-refractivity contribution in [3.63, 3.8) is 0 Å². The number of alkyl halides is 9. The van der Waals surface area contributed by atoms with Crippen LogP contribution < -0.4 is 10.9 Å². The second-order valence-corrected chi connectivity index (χ2v) is 5.82. The molecule has 1 heterocycles. The topological polar surface area (TPSA) is 59.2 Å². The van der Waals surface area contributed by atoms with Gasteiger partial charge >= 0.3 is 18.5 Å². The molecule has 0 spiro atoms. The van der Waals surface area contributed by atoms with Gasteiger partial charge in [0.05, 0.1) is 11.1 Å². The van der Waals surface area contributed by atoms with Gasteiger partial charge in [-0.2, -0.15) is 39.5 Å².